The van der Waals surface area contributed by atoms with Crippen molar-refractivity contribution in [2.75, 3.05) is 13.2 Å². The Labute approximate surface area is 145 Å². The third-order valence-corrected chi connectivity index (χ3v) is 5.54. The molecule has 1 aliphatic heterocycles. The molecule has 1 fully saturated rings. The van der Waals surface area contributed by atoms with Gasteiger partial charge in [-0.2, -0.15) is 0 Å². The van der Waals surface area contributed by atoms with Gasteiger partial charge in [0, 0.05) is 12.0 Å². The molecule has 24 heavy (non-hydrogen) atoms. The average molecular weight is 327 g/mol. The average Bonchev–Trinajstić information content (AvgIpc) is 3.13. The summed E-state index contributed by atoms with van der Waals surface area (Å²) in [4.78, 5) is 0. The van der Waals surface area contributed by atoms with Gasteiger partial charge >= 0.3 is 0 Å². The van der Waals surface area contributed by atoms with Crippen LogP contribution in [0.4, 0.5) is 0 Å². The van der Waals surface area contributed by atoms with Crippen molar-refractivity contribution in [3.05, 3.63) is 60.1 Å². The first-order valence-electron chi connectivity index (χ1n) is 9.08. The fraction of sp³-hybridized carbons (Fsp3) is 0.524. The predicted octanol–water partition coefficient (Wildman–Crippen LogP) is 4.68. The Balaban J connectivity index is 1.70. The first-order chi connectivity index (χ1) is 11.7. The lowest BCUT2D eigenvalue weighted by molar-refractivity contribution is -0.0979. The third kappa shape index (κ3) is 3.90. The molecule has 130 valence electrons. The lowest BCUT2D eigenvalue weighted by Crippen LogP contribution is -2.46. The van der Waals surface area contributed by atoms with E-state index >= 15 is 0 Å². The Morgan fingerprint density at radius 1 is 1.12 bits per heavy atom. The van der Waals surface area contributed by atoms with Gasteiger partial charge in [-0.3, -0.25) is 0 Å². The molecule has 3 nitrogen and oxygen atoms in total. The van der Waals surface area contributed by atoms with Crippen LogP contribution < -0.4 is 5.32 Å². The fourth-order valence-electron chi connectivity index (χ4n) is 3.92. The van der Waals surface area contributed by atoms with E-state index in [0.717, 1.165) is 51.1 Å². The largest absolute Gasteiger partial charge is 0.468 e. The van der Waals surface area contributed by atoms with E-state index in [4.69, 9.17) is 9.15 Å². The Bertz CT molecular complexity index is 610. The van der Waals surface area contributed by atoms with E-state index in [1.165, 1.54) is 5.56 Å². The van der Waals surface area contributed by atoms with Gasteiger partial charge in [0.05, 0.1) is 18.4 Å². The Hall–Kier alpha value is -1.58. The molecular weight excluding hydrogens is 298 g/mol. The normalized spacial score (nSPS) is 27.2. The molecule has 1 aromatic heterocycles. The van der Waals surface area contributed by atoms with Crippen molar-refractivity contribution >= 4 is 0 Å². The summed E-state index contributed by atoms with van der Waals surface area (Å²) in [6.45, 7) is 7.11. The lowest BCUT2D eigenvalue weighted by atomic mass is 9.66. The van der Waals surface area contributed by atoms with Crippen LogP contribution in [-0.2, 0) is 16.7 Å². The van der Waals surface area contributed by atoms with E-state index < -0.39 is 0 Å². The molecule has 1 saturated heterocycles. The zero-order valence-corrected chi connectivity index (χ0v) is 14.9. The summed E-state index contributed by atoms with van der Waals surface area (Å²) in [7, 11) is 0. The summed E-state index contributed by atoms with van der Waals surface area (Å²) >= 11 is 0. The molecule has 2 atom stereocenters. The second kappa shape index (κ2) is 7.54. The van der Waals surface area contributed by atoms with Gasteiger partial charge in [0.15, 0.2) is 0 Å². The number of furan rings is 1. The van der Waals surface area contributed by atoms with Crippen LogP contribution in [0.5, 0.6) is 0 Å². The Morgan fingerprint density at radius 3 is 2.67 bits per heavy atom. The van der Waals surface area contributed by atoms with E-state index in [0.29, 0.717) is 0 Å². The van der Waals surface area contributed by atoms with Crippen molar-refractivity contribution in [1.29, 1.82) is 0 Å². The maximum atomic E-state index is 6.12. The third-order valence-electron chi connectivity index (χ3n) is 5.54. The SMILES string of the molecule is CC[C@]1(C)C[C@@](CCNCc2ccco2)(c2ccccc2)CCO1. The number of hydrogen-bond donors (Lipinski definition) is 1. The molecule has 0 aliphatic carbocycles. The summed E-state index contributed by atoms with van der Waals surface area (Å²) in [5, 5.41) is 3.54. The molecule has 3 heteroatoms. The smallest absolute Gasteiger partial charge is 0.117 e. The fourth-order valence-corrected chi connectivity index (χ4v) is 3.92. The van der Waals surface area contributed by atoms with Gasteiger partial charge in [0.2, 0.25) is 0 Å². The topological polar surface area (TPSA) is 34.4 Å². The summed E-state index contributed by atoms with van der Waals surface area (Å²) in [6, 6.07) is 14.9. The van der Waals surface area contributed by atoms with Crippen molar-refractivity contribution in [1.82, 2.24) is 5.32 Å². The van der Waals surface area contributed by atoms with Crippen molar-refractivity contribution in [2.45, 2.75) is 57.1 Å². The Morgan fingerprint density at radius 2 is 1.96 bits per heavy atom. The molecular formula is C21H29NO2. The molecule has 1 N–H and O–H groups in total. The first-order valence-corrected chi connectivity index (χ1v) is 9.08. The minimum atomic E-state index is -0.0187. The standard InChI is InChI=1S/C21H29NO2/c1-3-20(2)17-21(12-15-24-20,18-8-5-4-6-9-18)11-13-22-16-19-10-7-14-23-19/h4-10,14,22H,3,11-13,15-17H2,1-2H3/t20-,21+/m1/s1. The van der Waals surface area contributed by atoms with E-state index in [1.807, 2.05) is 12.1 Å². The molecule has 0 unspecified atom stereocenters. The molecule has 0 saturated carbocycles. The van der Waals surface area contributed by atoms with Gasteiger partial charge in [0.1, 0.15) is 5.76 Å². The maximum absolute atomic E-state index is 6.12. The van der Waals surface area contributed by atoms with Crippen LogP contribution >= 0.6 is 0 Å². The number of ether oxygens (including phenoxy) is 1. The van der Waals surface area contributed by atoms with Crippen LogP contribution in [0, 0.1) is 0 Å². The number of hydrogen-bond acceptors (Lipinski definition) is 3. The molecule has 2 heterocycles. The quantitative estimate of drug-likeness (QED) is 0.750. The highest BCUT2D eigenvalue weighted by atomic mass is 16.5. The van der Waals surface area contributed by atoms with Gasteiger partial charge in [-0.1, -0.05) is 37.3 Å². The van der Waals surface area contributed by atoms with Crippen LogP contribution in [0.25, 0.3) is 0 Å². The van der Waals surface area contributed by atoms with Gasteiger partial charge in [-0.25, -0.2) is 0 Å². The predicted molar refractivity (Wildman–Crippen MR) is 97.0 cm³/mol. The summed E-state index contributed by atoms with van der Waals surface area (Å²) in [6.07, 6.45) is 6.09. The van der Waals surface area contributed by atoms with E-state index in [1.54, 1.807) is 6.26 Å². The highest BCUT2D eigenvalue weighted by Gasteiger charge is 2.42. The van der Waals surface area contributed by atoms with E-state index in [2.05, 4.69) is 49.5 Å². The van der Waals surface area contributed by atoms with Crippen LogP contribution in [0.15, 0.2) is 53.1 Å². The minimum absolute atomic E-state index is 0.0187. The molecule has 0 bridgehead atoms. The molecule has 1 aromatic carbocycles. The first kappa shape index (κ1) is 17.2. The summed E-state index contributed by atoms with van der Waals surface area (Å²) in [5.41, 5.74) is 1.63. The number of nitrogens with one attached hydrogen (secondary N) is 1. The van der Waals surface area contributed by atoms with Crippen molar-refractivity contribution in [3.63, 3.8) is 0 Å². The van der Waals surface area contributed by atoms with Crippen LogP contribution in [-0.4, -0.2) is 18.8 Å². The van der Waals surface area contributed by atoms with Gasteiger partial charge in [0.25, 0.3) is 0 Å². The second-order valence-corrected chi connectivity index (χ2v) is 7.23. The molecule has 0 radical (unpaired) electrons. The summed E-state index contributed by atoms with van der Waals surface area (Å²) in [5.74, 6) is 0.995. The van der Waals surface area contributed by atoms with Gasteiger partial charge in [-0.15, -0.1) is 0 Å². The molecule has 3 rings (SSSR count). The molecule has 0 spiro atoms. The monoisotopic (exact) mass is 327 g/mol. The zero-order valence-electron chi connectivity index (χ0n) is 14.9. The highest BCUT2D eigenvalue weighted by Crippen LogP contribution is 2.45. The highest BCUT2D eigenvalue weighted by molar-refractivity contribution is 5.27. The van der Waals surface area contributed by atoms with Crippen LogP contribution in [0.2, 0.25) is 0 Å². The van der Waals surface area contributed by atoms with Gasteiger partial charge in [-0.05, 0) is 56.8 Å². The van der Waals surface area contributed by atoms with Crippen molar-refractivity contribution < 1.29 is 9.15 Å². The lowest BCUT2D eigenvalue weighted by Gasteiger charge is -2.47. The van der Waals surface area contributed by atoms with Crippen molar-refractivity contribution in [3.8, 4) is 0 Å². The Kier molecular flexibility index (Phi) is 5.42. The van der Waals surface area contributed by atoms with Crippen molar-refractivity contribution in [2.24, 2.45) is 0 Å². The number of benzene rings is 1. The second-order valence-electron chi connectivity index (χ2n) is 7.23. The van der Waals surface area contributed by atoms with Crippen LogP contribution in [0.3, 0.4) is 0 Å². The van der Waals surface area contributed by atoms with E-state index in [9.17, 15) is 0 Å². The molecule has 1 aliphatic rings. The van der Waals surface area contributed by atoms with E-state index in [-0.39, 0.29) is 11.0 Å². The van der Waals surface area contributed by atoms with Crippen LogP contribution in [0.1, 0.15) is 50.9 Å². The number of rotatable bonds is 7. The minimum Gasteiger partial charge on any atom is -0.468 e. The van der Waals surface area contributed by atoms with Gasteiger partial charge < -0.3 is 14.5 Å². The maximum Gasteiger partial charge on any atom is 0.117 e. The zero-order chi connectivity index (χ0) is 16.9. The summed E-state index contributed by atoms with van der Waals surface area (Å²) < 4.78 is 11.5. The molecule has 2 aromatic rings. The molecule has 0 amide bonds.